The van der Waals surface area contributed by atoms with Crippen LogP contribution in [-0.2, 0) is 10.2 Å². The first-order valence-corrected chi connectivity index (χ1v) is 10.8. The molecule has 0 fully saturated rings. The molecular formula is C28H24N3NaO2. The topological polar surface area (TPSA) is 79.5 Å². The summed E-state index contributed by atoms with van der Waals surface area (Å²) in [6.07, 6.45) is 5.09. The van der Waals surface area contributed by atoms with Crippen molar-refractivity contribution < 1.29 is 39.5 Å². The number of aliphatic imine (C=N–C) groups is 1. The molecule has 0 saturated carbocycles. The number of allylic oxidation sites excluding steroid dienone is 4. The minimum Gasteiger partial charge on any atom is -0.550 e. The van der Waals surface area contributed by atoms with Gasteiger partial charge in [0.2, 0.25) is 0 Å². The standard InChI is InChI=1S/C28H25N3O2.Na/c1-28(2)25(15-12-20(18-29)19-30-22-9-4-3-5-10-22)31(17-16-26(32)33)24-14-13-21-8-6-7-11-23(21)27(24)28;/h3-15,19H,16-17H2,1-2H3,(H,32,33);/q;+1/p-1/b20-12+,25-15+,30-19?;. The fourth-order valence-corrected chi connectivity index (χ4v) is 4.42. The number of anilines is 1. The molecule has 34 heavy (non-hydrogen) atoms. The largest absolute Gasteiger partial charge is 1.00 e. The minimum atomic E-state index is -1.09. The number of carbonyl (C=O) groups excluding carboxylic acids is 1. The van der Waals surface area contributed by atoms with Gasteiger partial charge in [0.05, 0.1) is 11.3 Å². The van der Waals surface area contributed by atoms with Crippen molar-refractivity contribution in [3.63, 3.8) is 0 Å². The van der Waals surface area contributed by atoms with E-state index >= 15 is 0 Å². The number of carboxylic acids is 1. The number of aliphatic carboxylic acids is 1. The summed E-state index contributed by atoms with van der Waals surface area (Å²) in [6, 6.07) is 23.9. The van der Waals surface area contributed by atoms with Crippen molar-refractivity contribution in [2.75, 3.05) is 11.4 Å². The number of carbonyl (C=O) groups is 1. The summed E-state index contributed by atoms with van der Waals surface area (Å²) in [7, 11) is 0. The quantitative estimate of drug-likeness (QED) is 0.321. The molecule has 0 spiro atoms. The second-order valence-electron chi connectivity index (χ2n) is 8.46. The van der Waals surface area contributed by atoms with E-state index in [1.807, 2.05) is 59.5 Å². The van der Waals surface area contributed by atoms with E-state index < -0.39 is 11.4 Å². The molecule has 0 saturated heterocycles. The van der Waals surface area contributed by atoms with Crippen molar-refractivity contribution in [3.8, 4) is 6.07 Å². The van der Waals surface area contributed by atoms with Gasteiger partial charge in [0, 0.05) is 41.9 Å². The molecule has 0 bridgehead atoms. The zero-order valence-electron chi connectivity index (χ0n) is 19.7. The van der Waals surface area contributed by atoms with Crippen LogP contribution < -0.4 is 39.6 Å². The molecular weight excluding hydrogens is 433 g/mol. The Kier molecular flexibility index (Phi) is 8.11. The molecule has 0 N–H and O–H groups in total. The number of hydrogen-bond acceptors (Lipinski definition) is 5. The average molecular weight is 458 g/mol. The van der Waals surface area contributed by atoms with Crippen LogP contribution in [0.5, 0.6) is 0 Å². The monoisotopic (exact) mass is 457 g/mol. The van der Waals surface area contributed by atoms with Crippen molar-refractivity contribution in [1.82, 2.24) is 0 Å². The summed E-state index contributed by atoms with van der Waals surface area (Å²) in [5, 5.41) is 23.1. The predicted octanol–water partition coefficient (Wildman–Crippen LogP) is 1.82. The summed E-state index contributed by atoms with van der Waals surface area (Å²) in [4.78, 5) is 17.6. The maximum atomic E-state index is 11.3. The van der Waals surface area contributed by atoms with Crippen LogP contribution in [-0.4, -0.2) is 18.7 Å². The first kappa shape index (κ1) is 25.5. The summed E-state index contributed by atoms with van der Waals surface area (Å²) in [6.45, 7) is 4.54. The van der Waals surface area contributed by atoms with Crippen LogP contribution in [0.2, 0.25) is 0 Å². The number of fused-ring (bicyclic) bond motifs is 3. The molecule has 0 radical (unpaired) electrons. The van der Waals surface area contributed by atoms with Gasteiger partial charge in [0.25, 0.3) is 0 Å². The van der Waals surface area contributed by atoms with E-state index in [9.17, 15) is 15.2 Å². The predicted molar refractivity (Wildman–Crippen MR) is 130 cm³/mol. The van der Waals surface area contributed by atoms with E-state index in [2.05, 4.69) is 43.1 Å². The third-order valence-corrected chi connectivity index (χ3v) is 5.95. The second-order valence-corrected chi connectivity index (χ2v) is 8.46. The van der Waals surface area contributed by atoms with Crippen LogP contribution in [0.4, 0.5) is 11.4 Å². The molecule has 164 valence electrons. The van der Waals surface area contributed by atoms with Crippen molar-refractivity contribution in [2.24, 2.45) is 4.99 Å². The molecule has 5 nitrogen and oxygen atoms in total. The average Bonchev–Trinajstić information content (AvgIpc) is 3.04. The van der Waals surface area contributed by atoms with Crippen LogP contribution in [0.25, 0.3) is 10.8 Å². The van der Waals surface area contributed by atoms with Gasteiger partial charge < -0.3 is 14.8 Å². The van der Waals surface area contributed by atoms with Gasteiger partial charge in [-0.1, -0.05) is 62.4 Å². The molecule has 1 aliphatic rings. The number of benzene rings is 3. The van der Waals surface area contributed by atoms with Gasteiger partial charge in [-0.3, -0.25) is 4.99 Å². The Hall–Kier alpha value is -3.17. The normalized spacial score (nSPS) is 15.9. The minimum absolute atomic E-state index is 0. The molecule has 1 aliphatic heterocycles. The summed E-state index contributed by atoms with van der Waals surface area (Å²) in [5.74, 6) is -1.09. The van der Waals surface area contributed by atoms with Gasteiger partial charge in [-0.15, -0.1) is 0 Å². The summed E-state index contributed by atoms with van der Waals surface area (Å²) < 4.78 is 0. The van der Waals surface area contributed by atoms with Crippen LogP contribution in [0.15, 0.2) is 95.1 Å². The zero-order chi connectivity index (χ0) is 23.4. The van der Waals surface area contributed by atoms with Crippen molar-refractivity contribution in [1.29, 1.82) is 5.26 Å². The third kappa shape index (κ3) is 5.15. The van der Waals surface area contributed by atoms with Gasteiger partial charge in [0.15, 0.2) is 0 Å². The Morgan fingerprint density at radius 3 is 2.50 bits per heavy atom. The van der Waals surface area contributed by atoms with E-state index in [0.717, 1.165) is 33.4 Å². The van der Waals surface area contributed by atoms with Crippen LogP contribution in [0, 0.1) is 11.3 Å². The molecule has 3 aromatic rings. The number of para-hydroxylation sites is 1. The first-order chi connectivity index (χ1) is 15.9. The molecule has 1 heterocycles. The Balaban J connectivity index is 0.00000324. The Labute approximate surface area is 222 Å². The number of carboxylic acid groups (broad SMARTS) is 1. The van der Waals surface area contributed by atoms with Gasteiger partial charge in [-0.2, -0.15) is 5.26 Å². The van der Waals surface area contributed by atoms with Crippen molar-refractivity contribution in [2.45, 2.75) is 25.7 Å². The van der Waals surface area contributed by atoms with E-state index in [1.54, 1.807) is 12.3 Å². The fraction of sp³-hybridized carbons (Fsp3) is 0.179. The van der Waals surface area contributed by atoms with Crippen LogP contribution >= 0.6 is 0 Å². The van der Waals surface area contributed by atoms with E-state index in [4.69, 9.17) is 0 Å². The van der Waals surface area contributed by atoms with Gasteiger partial charge in [-0.25, -0.2) is 0 Å². The van der Waals surface area contributed by atoms with Gasteiger partial charge >= 0.3 is 29.6 Å². The number of nitriles is 1. The molecule has 0 atom stereocenters. The van der Waals surface area contributed by atoms with Crippen molar-refractivity contribution in [3.05, 3.63) is 95.7 Å². The Morgan fingerprint density at radius 2 is 1.79 bits per heavy atom. The molecule has 4 rings (SSSR count). The van der Waals surface area contributed by atoms with Crippen molar-refractivity contribution >= 4 is 34.3 Å². The molecule has 0 aromatic heterocycles. The number of nitrogens with zero attached hydrogens (tertiary/aromatic N) is 3. The molecule has 6 heteroatoms. The number of hydrogen-bond donors (Lipinski definition) is 0. The third-order valence-electron chi connectivity index (χ3n) is 5.95. The SMILES string of the molecule is CC1(C)/C(=C\C=C(/C#N)C=Nc2ccccc2)N(CCC(=O)[O-])c2ccc3ccccc3c21.[Na+]. The van der Waals surface area contributed by atoms with E-state index in [0.29, 0.717) is 5.57 Å². The van der Waals surface area contributed by atoms with E-state index in [1.165, 1.54) is 0 Å². The van der Waals surface area contributed by atoms with Gasteiger partial charge in [0.1, 0.15) is 6.07 Å². The van der Waals surface area contributed by atoms with E-state index in [-0.39, 0.29) is 42.5 Å². The Morgan fingerprint density at radius 1 is 1.09 bits per heavy atom. The smallest absolute Gasteiger partial charge is 0.550 e. The summed E-state index contributed by atoms with van der Waals surface area (Å²) in [5.41, 5.74) is 3.84. The summed E-state index contributed by atoms with van der Waals surface area (Å²) >= 11 is 0. The van der Waals surface area contributed by atoms with Crippen LogP contribution in [0.1, 0.15) is 25.8 Å². The fourth-order valence-electron chi connectivity index (χ4n) is 4.42. The van der Waals surface area contributed by atoms with Crippen LogP contribution in [0.3, 0.4) is 0 Å². The zero-order valence-corrected chi connectivity index (χ0v) is 21.7. The number of rotatable bonds is 6. The second kappa shape index (κ2) is 10.8. The van der Waals surface area contributed by atoms with Gasteiger partial charge in [-0.05, 0) is 46.7 Å². The molecule has 0 amide bonds. The molecule has 0 unspecified atom stereocenters. The Bertz CT molecular complexity index is 1330. The first-order valence-electron chi connectivity index (χ1n) is 10.8. The molecule has 0 aliphatic carbocycles. The molecule has 3 aromatic carbocycles. The maximum absolute atomic E-state index is 11.3. The maximum Gasteiger partial charge on any atom is 1.00 e.